The Morgan fingerprint density at radius 3 is 2.30 bits per heavy atom. The highest BCUT2D eigenvalue weighted by atomic mass is 19.4. The van der Waals surface area contributed by atoms with Crippen LogP contribution < -0.4 is 20.9 Å². The van der Waals surface area contributed by atoms with Gasteiger partial charge < -0.3 is 31.1 Å². The zero-order valence-corrected chi connectivity index (χ0v) is 26.1. The lowest BCUT2D eigenvalue weighted by Crippen LogP contribution is -2.51. The molecule has 1 aliphatic rings. The lowest BCUT2D eigenvalue weighted by Gasteiger charge is -2.32. The first kappa shape index (κ1) is 36.1. The number of amides is 2. The molecule has 2 amide bonds. The molecule has 9 nitrogen and oxygen atoms in total. The maximum absolute atomic E-state index is 13.6. The molecule has 1 saturated heterocycles. The molecule has 46 heavy (non-hydrogen) atoms. The summed E-state index contributed by atoms with van der Waals surface area (Å²) in [5.74, 6) is -0.406. The summed E-state index contributed by atoms with van der Waals surface area (Å²) >= 11 is 0. The van der Waals surface area contributed by atoms with E-state index in [9.17, 15) is 27.9 Å². The van der Waals surface area contributed by atoms with E-state index >= 15 is 0 Å². The van der Waals surface area contributed by atoms with Crippen LogP contribution >= 0.6 is 0 Å². The Morgan fingerprint density at radius 1 is 1.02 bits per heavy atom. The highest BCUT2D eigenvalue weighted by Crippen LogP contribution is 2.32. The molecule has 0 aliphatic carbocycles. The third kappa shape index (κ3) is 10.0. The van der Waals surface area contributed by atoms with Crippen LogP contribution in [0.2, 0.25) is 0 Å². The highest BCUT2D eigenvalue weighted by Gasteiger charge is 2.33. The average molecular weight is 643 g/mol. The molecule has 2 atom stereocenters. The number of aliphatic hydroxyl groups is 1. The summed E-state index contributed by atoms with van der Waals surface area (Å²) < 4.78 is 40.0. The number of nitrogens with zero attached hydrogens (tertiary/aromatic N) is 1. The SMILES string of the molecule is CCNc1cc(C(=O)N[C@@H](Cc2ccccc2)[C@H](O)CNC(C)(C)c2cccc(C(F)(F)F)c2)cc(N2CCCC2=O)c1.O=CO. The Balaban J connectivity index is 0.00000185. The topological polar surface area (TPSA) is 131 Å². The minimum atomic E-state index is -4.47. The van der Waals surface area contributed by atoms with E-state index in [2.05, 4.69) is 16.0 Å². The quantitative estimate of drug-likeness (QED) is 0.172. The Morgan fingerprint density at radius 2 is 1.70 bits per heavy atom. The molecule has 1 aliphatic heterocycles. The van der Waals surface area contributed by atoms with Crippen molar-refractivity contribution in [2.75, 3.05) is 29.9 Å². The summed E-state index contributed by atoms with van der Waals surface area (Å²) in [6, 6.07) is 19.0. The van der Waals surface area contributed by atoms with E-state index in [4.69, 9.17) is 9.90 Å². The maximum Gasteiger partial charge on any atom is 0.416 e. The molecule has 1 heterocycles. The fourth-order valence-corrected chi connectivity index (χ4v) is 5.22. The Hall–Kier alpha value is -4.42. The van der Waals surface area contributed by atoms with Crippen LogP contribution in [0.3, 0.4) is 0 Å². The van der Waals surface area contributed by atoms with Crippen molar-refractivity contribution in [3.63, 3.8) is 0 Å². The molecule has 4 rings (SSSR count). The van der Waals surface area contributed by atoms with Crippen LogP contribution in [0.25, 0.3) is 0 Å². The van der Waals surface area contributed by atoms with E-state index < -0.39 is 35.3 Å². The van der Waals surface area contributed by atoms with Crippen LogP contribution in [0.1, 0.15) is 60.7 Å². The van der Waals surface area contributed by atoms with Crippen molar-refractivity contribution in [1.82, 2.24) is 10.6 Å². The second-order valence-electron chi connectivity index (χ2n) is 11.5. The van der Waals surface area contributed by atoms with Gasteiger partial charge in [-0.25, -0.2) is 0 Å². The van der Waals surface area contributed by atoms with Crippen LogP contribution in [0, 0.1) is 0 Å². The number of nitrogens with one attached hydrogen (secondary N) is 3. The van der Waals surface area contributed by atoms with Crippen molar-refractivity contribution in [2.45, 2.75) is 63.9 Å². The fraction of sp³-hybridized carbons (Fsp3) is 0.382. The van der Waals surface area contributed by atoms with Gasteiger partial charge in [-0.3, -0.25) is 14.4 Å². The van der Waals surface area contributed by atoms with E-state index in [1.807, 2.05) is 43.3 Å². The molecule has 3 aromatic rings. The lowest BCUT2D eigenvalue weighted by atomic mass is 9.92. The number of rotatable bonds is 12. The van der Waals surface area contributed by atoms with Gasteiger partial charge in [0.2, 0.25) is 5.91 Å². The number of benzene rings is 3. The van der Waals surface area contributed by atoms with Crippen LogP contribution in [0.4, 0.5) is 24.5 Å². The normalized spacial score (nSPS) is 14.6. The number of anilines is 2. The molecule has 12 heteroatoms. The van der Waals surface area contributed by atoms with E-state index in [0.29, 0.717) is 48.4 Å². The number of carbonyl (C=O) groups is 3. The van der Waals surface area contributed by atoms with Gasteiger partial charge in [0, 0.05) is 48.5 Å². The lowest BCUT2D eigenvalue weighted by molar-refractivity contribution is -0.137. The van der Waals surface area contributed by atoms with Gasteiger partial charge in [-0.15, -0.1) is 0 Å². The van der Waals surface area contributed by atoms with E-state index in [0.717, 1.165) is 24.1 Å². The summed E-state index contributed by atoms with van der Waals surface area (Å²) in [5, 5.41) is 27.6. The summed E-state index contributed by atoms with van der Waals surface area (Å²) in [4.78, 5) is 36.1. The second kappa shape index (κ2) is 16.2. The van der Waals surface area contributed by atoms with Gasteiger partial charge in [-0.2, -0.15) is 13.2 Å². The molecule has 248 valence electrons. The number of halogens is 3. The van der Waals surface area contributed by atoms with Crippen molar-refractivity contribution < 1.29 is 37.8 Å². The van der Waals surface area contributed by atoms with Crippen molar-refractivity contribution in [3.8, 4) is 0 Å². The van der Waals surface area contributed by atoms with Crippen LogP contribution in [0.5, 0.6) is 0 Å². The summed E-state index contributed by atoms with van der Waals surface area (Å²) in [5.41, 5.74) is 1.35. The standard InChI is InChI=1S/C33H39F3N4O3.CH2O2/c1-4-37-26-17-23(18-27(20-26)40-15-9-14-30(40)42)31(43)39-28(16-22-10-6-5-7-11-22)29(41)21-38-32(2,3)24-12-8-13-25(19-24)33(34,35)36;2-1-3/h5-8,10-13,17-20,28-29,37-38,41H,4,9,14-16,21H2,1-3H3,(H,39,43);1H,(H,2,3)/t28-,29+;/m0./s1. The molecule has 0 radical (unpaired) electrons. The van der Waals surface area contributed by atoms with E-state index in [1.165, 1.54) is 6.07 Å². The van der Waals surface area contributed by atoms with Crippen molar-refractivity contribution >= 4 is 29.7 Å². The van der Waals surface area contributed by atoms with Gasteiger partial charge in [0.1, 0.15) is 0 Å². The minimum absolute atomic E-state index is 0.00594. The minimum Gasteiger partial charge on any atom is -0.483 e. The van der Waals surface area contributed by atoms with Gasteiger partial charge >= 0.3 is 6.18 Å². The van der Waals surface area contributed by atoms with Crippen molar-refractivity contribution in [3.05, 3.63) is 95.1 Å². The number of aliphatic hydroxyl groups excluding tert-OH is 1. The number of carboxylic acid groups (broad SMARTS) is 1. The molecule has 3 aromatic carbocycles. The summed E-state index contributed by atoms with van der Waals surface area (Å²) in [7, 11) is 0. The molecule has 5 N–H and O–H groups in total. The molecule has 0 unspecified atom stereocenters. The van der Waals surface area contributed by atoms with Gasteiger partial charge in [0.25, 0.3) is 12.4 Å². The molecule has 0 saturated carbocycles. The highest BCUT2D eigenvalue weighted by molar-refractivity contribution is 6.00. The average Bonchev–Trinajstić information content (AvgIpc) is 3.46. The maximum atomic E-state index is 13.6. The van der Waals surface area contributed by atoms with E-state index in [1.54, 1.807) is 36.9 Å². The summed E-state index contributed by atoms with van der Waals surface area (Å²) in [6.07, 6.45) is -4.01. The molecule has 0 aromatic heterocycles. The molecule has 1 fully saturated rings. The number of alkyl halides is 3. The molecular formula is C34H41F3N4O5. The monoisotopic (exact) mass is 642 g/mol. The second-order valence-corrected chi connectivity index (χ2v) is 11.5. The Bertz CT molecular complexity index is 1470. The van der Waals surface area contributed by atoms with Gasteiger partial charge in [0.05, 0.1) is 17.7 Å². The van der Waals surface area contributed by atoms with Gasteiger partial charge in [-0.1, -0.05) is 42.5 Å². The zero-order valence-electron chi connectivity index (χ0n) is 26.1. The largest absolute Gasteiger partial charge is 0.483 e. The van der Waals surface area contributed by atoms with Crippen LogP contribution in [-0.2, 0) is 27.7 Å². The van der Waals surface area contributed by atoms with Crippen LogP contribution in [-0.4, -0.2) is 60.3 Å². The number of hydrogen-bond acceptors (Lipinski definition) is 6. The Kier molecular flexibility index (Phi) is 12.7. The molecular weight excluding hydrogens is 601 g/mol. The number of carbonyl (C=O) groups excluding carboxylic acids is 2. The van der Waals surface area contributed by atoms with Gasteiger partial charge in [-0.05, 0) is 75.1 Å². The molecule has 0 spiro atoms. The first-order valence-electron chi connectivity index (χ1n) is 15.0. The predicted octanol–water partition coefficient (Wildman–Crippen LogP) is 5.19. The predicted molar refractivity (Wildman–Crippen MR) is 171 cm³/mol. The smallest absolute Gasteiger partial charge is 0.416 e. The Labute approximate surface area is 266 Å². The van der Waals surface area contributed by atoms with Crippen molar-refractivity contribution in [2.24, 2.45) is 0 Å². The third-order valence-corrected chi connectivity index (χ3v) is 7.69. The first-order valence-corrected chi connectivity index (χ1v) is 15.0. The third-order valence-electron chi connectivity index (χ3n) is 7.69. The summed E-state index contributed by atoms with van der Waals surface area (Å²) in [6.45, 7) is 6.39. The fourth-order valence-electron chi connectivity index (χ4n) is 5.22. The first-order chi connectivity index (χ1) is 21.8. The van der Waals surface area contributed by atoms with Crippen LogP contribution in [0.15, 0.2) is 72.8 Å². The van der Waals surface area contributed by atoms with E-state index in [-0.39, 0.29) is 18.9 Å². The zero-order chi connectivity index (χ0) is 33.9. The van der Waals surface area contributed by atoms with Crippen molar-refractivity contribution in [1.29, 1.82) is 0 Å². The molecule has 0 bridgehead atoms. The number of hydrogen-bond donors (Lipinski definition) is 5. The van der Waals surface area contributed by atoms with Gasteiger partial charge in [0.15, 0.2) is 0 Å².